The molecule has 5 N–H and O–H groups in total. The van der Waals surface area contributed by atoms with E-state index in [0.29, 0.717) is 52.9 Å². The molecular weight excluding hydrogens is 554 g/mol. The van der Waals surface area contributed by atoms with Crippen LogP contribution < -0.4 is 11.1 Å². The van der Waals surface area contributed by atoms with E-state index in [4.69, 9.17) is 20.9 Å². The Morgan fingerprint density at radius 3 is 2.37 bits per heavy atom. The minimum atomic E-state index is -1.26. The van der Waals surface area contributed by atoms with E-state index in [1.54, 1.807) is 60.7 Å². The monoisotopic (exact) mass is 581 g/mol. The zero-order chi connectivity index (χ0) is 30.9. The Balaban J connectivity index is 0.000000467. The Morgan fingerprint density at radius 2 is 1.74 bits per heavy atom. The summed E-state index contributed by atoms with van der Waals surface area (Å²) in [5, 5.41) is 18.4. The average Bonchev–Trinajstić information content (AvgIpc) is 3.63. The molecule has 4 heterocycles. The van der Waals surface area contributed by atoms with Crippen LogP contribution in [0.4, 0.5) is 11.6 Å². The number of amides is 2. The number of anilines is 2. The Morgan fingerprint density at radius 1 is 1.02 bits per heavy atom. The lowest BCUT2D eigenvalue weighted by atomic mass is 10.1. The fourth-order valence-corrected chi connectivity index (χ4v) is 4.53. The second-order valence-corrected chi connectivity index (χ2v) is 9.14. The number of hydrogen-bond acceptors (Lipinski definition) is 8. The molecule has 1 aliphatic rings. The maximum atomic E-state index is 12.6. The Labute approximate surface area is 245 Å². The number of hydrogen-bond donors (Lipinski definition) is 4. The first kappa shape index (κ1) is 29.9. The highest BCUT2D eigenvalue weighted by atomic mass is 16.4. The number of imidazole rings is 1. The van der Waals surface area contributed by atoms with Gasteiger partial charge in [0.15, 0.2) is 0 Å². The van der Waals surface area contributed by atoms with Crippen LogP contribution in [0.2, 0.25) is 0 Å². The first-order valence-electron chi connectivity index (χ1n) is 13.0. The minimum Gasteiger partial charge on any atom is -0.478 e. The molecule has 43 heavy (non-hydrogen) atoms. The number of nitrogen functional groups attached to an aromatic ring is 1. The molecular formula is C30H27N7O6. The molecule has 5 rings (SSSR count). The van der Waals surface area contributed by atoms with E-state index >= 15 is 0 Å². The van der Waals surface area contributed by atoms with Gasteiger partial charge in [-0.05, 0) is 50.0 Å². The van der Waals surface area contributed by atoms with Crippen molar-refractivity contribution in [3.8, 4) is 23.1 Å². The van der Waals surface area contributed by atoms with Crippen molar-refractivity contribution in [2.75, 3.05) is 17.6 Å². The number of carbonyl (C=O) groups excluding carboxylic acids is 2. The molecule has 218 valence electrons. The third-order valence-corrected chi connectivity index (χ3v) is 6.35. The van der Waals surface area contributed by atoms with Crippen molar-refractivity contribution in [2.45, 2.75) is 25.8 Å². The van der Waals surface area contributed by atoms with E-state index in [9.17, 15) is 19.2 Å². The molecule has 0 spiro atoms. The Hall–Kier alpha value is -6.03. The molecule has 1 atom stereocenters. The number of carbonyl (C=O) groups is 4. The molecule has 0 radical (unpaired) electrons. The summed E-state index contributed by atoms with van der Waals surface area (Å²) in [6.07, 6.45) is 7.81. The topological polar surface area (TPSA) is 193 Å². The van der Waals surface area contributed by atoms with Gasteiger partial charge in [0.25, 0.3) is 11.8 Å². The lowest BCUT2D eigenvalue weighted by Crippen LogP contribution is -2.30. The molecule has 13 nitrogen and oxygen atoms in total. The predicted octanol–water partition coefficient (Wildman–Crippen LogP) is 3.02. The highest BCUT2D eigenvalue weighted by Gasteiger charge is 2.33. The fourth-order valence-electron chi connectivity index (χ4n) is 4.53. The molecule has 13 heteroatoms. The molecule has 1 aliphatic heterocycles. The van der Waals surface area contributed by atoms with Crippen molar-refractivity contribution in [1.29, 1.82) is 0 Å². The second kappa shape index (κ2) is 13.6. The quantitative estimate of drug-likeness (QED) is 0.194. The molecule has 0 saturated carbocycles. The van der Waals surface area contributed by atoms with Gasteiger partial charge in [-0.1, -0.05) is 24.1 Å². The van der Waals surface area contributed by atoms with E-state index in [-0.39, 0.29) is 17.9 Å². The third-order valence-electron chi connectivity index (χ3n) is 6.35. The number of benzene rings is 1. The Bertz CT molecular complexity index is 1740. The number of aliphatic carboxylic acids is 2. The van der Waals surface area contributed by atoms with E-state index in [2.05, 4.69) is 27.1 Å². The van der Waals surface area contributed by atoms with Crippen LogP contribution in [-0.2, 0) is 14.4 Å². The van der Waals surface area contributed by atoms with Gasteiger partial charge in [0.2, 0.25) is 0 Å². The summed E-state index contributed by atoms with van der Waals surface area (Å²) in [5.74, 6) is 3.87. The van der Waals surface area contributed by atoms with Gasteiger partial charge in [-0.25, -0.2) is 24.5 Å². The van der Waals surface area contributed by atoms with Crippen LogP contribution in [0.25, 0.3) is 16.8 Å². The standard InChI is InChI=1S/C26H23N7O2.C4H4O4/c1-2-6-21(34)32-15-5-7-19(32)25-31-22(23-24(27)29-14-16-33(23)25)17-9-11-18(12-10-17)26(35)30-20-8-3-4-13-28-20;5-3(6)1-2-4(7)8/h3-4,8-14,16,19H,5,7,15H2,1H3,(H2,27,29)(H,28,30,35);1-2H,(H,5,6)(H,7,8)/b;2-1-. The zero-order valence-electron chi connectivity index (χ0n) is 23.0. The number of carboxylic acid groups (broad SMARTS) is 2. The van der Waals surface area contributed by atoms with Crippen molar-refractivity contribution in [1.82, 2.24) is 24.3 Å². The minimum absolute atomic E-state index is 0.210. The summed E-state index contributed by atoms with van der Waals surface area (Å²) in [7, 11) is 0. The van der Waals surface area contributed by atoms with Gasteiger partial charge in [0.05, 0.1) is 6.04 Å². The van der Waals surface area contributed by atoms with Crippen molar-refractivity contribution < 1.29 is 29.4 Å². The van der Waals surface area contributed by atoms with Crippen molar-refractivity contribution >= 4 is 40.9 Å². The van der Waals surface area contributed by atoms with Gasteiger partial charge in [-0.3, -0.25) is 14.0 Å². The van der Waals surface area contributed by atoms with E-state index in [1.165, 1.54) is 0 Å². The van der Waals surface area contributed by atoms with Crippen LogP contribution in [-0.4, -0.2) is 64.8 Å². The van der Waals surface area contributed by atoms with Crippen molar-refractivity contribution in [2.24, 2.45) is 0 Å². The van der Waals surface area contributed by atoms with Gasteiger partial charge in [0.1, 0.15) is 28.7 Å². The number of nitrogens with zero attached hydrogens (tertiary/aromatic N) is 5. The molecule has 1 aromatic carbocycles. The van der Waals surface area contributed by atoms with Crippen LogP contribution >= 0.6 is 0 Å². The number of nitrogens with two attached hydrogens (primary N) is 1. The largest absolute Gasteiger partial charge is 0.478 e. The number of likely N-dealkylation sites (tertiary alicyclic amines) is 1. The summed E-state index contributed by atoms with van der Waals surface area (Å²) in [5.41, 5.74) is 8.84. The first-order chi connectivity index (χ1) is 20.7. The number of aromatic nitrogens is 4. The van der Waals surface area contributed by atoms with E-state index < -0.39 is 11.9 Å². The molecule has 1 unspecified atom stereocenters. The molecule has 1 fully saturated rings. The SMILES string of the molecule is CC#CC(=O)N1CCCC1c1nc(-c2ccc(C(=O)Nc3ccccn3)cc2)c2c(N)nccn12.O=C(O)/C=C\C(=O)O. The van der Waals surface area contributed by atoms with E-state index in [0.717, 1.165) is 18.4 Å². The Kier molecular flexibility index (Phi) is 9.44. The van der Waals surface area contributed by atoms with Crippen LogP contribution in [0.15, 0.2) is 73.2 Å². The molecule has 0 aliphatic carbocycles. The van der Waals surface area contributed by atoms with Gasteiger partial charge in [0, 0.05) is 48.4 Å². The summed E-state index contributed by atoms with van der Waals surface area (Å²) >= 11 is 0. The first-order valence-corrected chi connectivity index (χ1v) is 13.0. The second-order valence-electron chi connectivity index (χ2n) is 9.14. The average molecular weight is 582 g/mol. The van der Waals surface area contributed by atoms with Crippen LogP contribution in [0.1, 0.15) is 42.0 Å². The highest BCUT2D eigenvalue weighted by molar-refractivity contribution is 6.04. The third kappa shape index (κ3) is 7.19. The summed E-state index contributed by atoms with van der Waals surface area (Å²) in [6.45, 7) is 2.28. The van der Waals surface area contributed by atoms with Crippen molar-refractivity contribution in [3.05, 3.63) is 84.6 Å². The number of fused-ring (bicyclic) bond motifs is 1. The van der Waals surface area contributed by atoms with E-state index in [1.807, 2.05) is 16.5 Å². The van der Waals surface area contributed by atoms with Gasteiger partial charge in [-0.2, -0.15) is 0 Å². The normalized spacial score (nSPS) is 14.0. The summed E-state index contributed by atoms with van der Waals surface area (Å²) in [4.78, 5) is 59.4. The van der Waals surface area contributed by atoms with Crippen LogP contribution in [0, 0.1) is 11.8 Å². The predicted molar refractivity (Wildman–Crippen MR) is 157 cm³/mol. The number of nitrogens with one attached hydrogen (secondary N) is 1. The molecule has 0 bridgehead atoms. The highest BCUT2D eigenvalue weighted by Crippen LogP contribution is 2.36. The summed E-state index contributed by atoms with van der Waals surface area (Å²) in [6, 6.07) is 12.2. The number of rotatable bonds is 6. The number of carboxylic acids is 2. The van der Waals surface area contributed by atoms with Crippen LogP contribution in [0.3, 0.4) is 0 Å². The summed E-state index contributed by atoms with van der Waals surface area (Å²) < 4.78 is 1.90. The van der Waals surface area contributed by atoms with Crippen LogP contribution in [0.5, 0.6) is 0 Å². The maximum absolute atomic E-state index is 12.6. The molecule has 1 saturated heterocycles. The molecule has 4 aromatic rings. The maximum Gasteiger partial charge on any atom is 0.328 e. The number of pyridine rings is 1. The lowest BCUT2D eigenvalue weighted by molar-refractivity contribution is -0.134. The van der Waals surface area contributed by atoms with Gasteiger partial charge in [-0.15, -0.1) is 0 Å². The lowest BCUT2D eigenvalue weighted by Gasteiger charge is -2.21. The van der Waals surface area contributed by atoms with Gasteiger partial charge < -0.3 is 26.2 Å². The van der Waals surface area contributed by atoms with Gasteiger partial charge >= 0.3 is 11.9 Å². The van der Waals surface area contributed by atoms with Crippen molar-refractivity contribution in [3.63, 3.8) is 0 Å². The molecule has 2 amide bonds. The smallest absolute Gasteiger partial charge is 0.328 e. The molecule has 3 aromatic heterocycles. The fraction of sp³-hybridized carbons (Fsp3) is 0.167. The zero-order valence-corrected chi connectivity index (χ0v) is 23.0.